The Bertz CT molecular complexity index is 918. The summed E-state index contributed by atoms with van der Waals surface area (Å²) < 4.78 is 35.9. The number of amides is 2. The molecule has 2 amide bonds. The maximum atomic E-state index is 11.3. The topological polar surface area (TPSA) is 154 Å². The predicted octanol–water partition coefficient (Wildman–Crippen LogP) is 4.04. The monoisotopic (exact) mass is 842 g/mol. The lowest BCUT2D eigenvalue weighted by molar-refractivity contribution is -0.118. The minimum atomic E-state index is -1.61. The highest BCUT2D eigenvalue weighted by Gasteiger charge is 2.28. The van der Waals surface area contributed by atoms with E-state index in [9.17, 15) is 19.8 Å². The summed E-state index contributed by atoms with van der Waals surface area (Å²) in [4.78, 5) is 22.7. The zero-order chi connectivity index (χ0) is 40.8. The standard InChI is InChI=1S/2C17H39NO5Si3/c2*1-14(2)16(20)18-12-15(19)13-21-10-9-11-24-17(22-25(3,4)5)23-26(6,7)8/h2*15,17,19H,1,9-13,24H2,2-8H3,(H,18,20). The van der Waals surface area contributed by atoms with Gasteiger partial charge in [-0.25, -0.2) is 0 Å². The van der Waals surface area contributed by atoms with Crippen molar-refractivity contribution >= 4 is 64.1 Å². The van der Waals surface area contributed by atoms with E-state index in [4.69, 9.17) is 27.2 Å². The fourth-order valence-electron chi connectivity index (χ4n) is 4.17. The fraction of sp³-hybridized carbons (Fsp3) is 0.824. The summed E-state index contributed by atoms with van der Waals surface area (Å²) in [5, 5.41) is 24.8. The van der Waals surface area contributed by atoms with E-state index >= 15 is 0 Å². The smallest absolute Gasteiger partial charge is 0.246 e. The maximum absolute atomic E-state index is 11.3. The van der Waals surface area contributed by atoms with Gasteiger partial charge in [-0.1, -0.05) is 25.2 Å². The summed E-state index contributed by atoms with van der Waals surface area (Å²) >= 11 is 0. The number of ether oxygens (including phenoxy) is 2. The molecule has 0 aliphatic heterocycles. The van der Waals surface area contributed by atoms with Crippen molar-refractivity contribution in [2.75, 3.05) is 39.5 Å². The van der Waals surface area contributed by atoms with Crippen molar-refractivity contribution in [2.24, 2.45) is 0 Å². The first-order valence-electron chi connectivity index (χ1n) is 18.7. The molecule has 0 aliphatic carbocycles. The third kappa shape index (κ3) is 37.7. The molecule has 0 fully saturated rings. The zero-order valence-electron chi connectivity index (χ0n) is 35.4. The number of carbonyl (C=O) groups excluding carboxylic acids is 2. The maximum Gasteiger partial charge on any atom is 0.246 e. The average Bonchev–Trinajstić information content (AvgIpc) is 2.94. The Morgan fingerprint density at radius 2 is 0.846 bits per heavy atom. The lowest BCUT2D eigenvalue weighted by Crippen LogP contribution is -2.43. The van der Waals surface area contributed by atoms with Crippen LogP contribution in [0.2, 0.25) is 90.7 Å². The number of rotatable bonds is 28. The normalized spacial score (nSPS) is 14.2. The van der Waals surface area contributed by atoms with Gasteiger partial charge in [0.25, 0.3) is 0 Å². The van der Waals surface area contributed by atoms with Crippen molar-refractivity contribution in [2.45, 2.75) is 141 Å². The van der Waals surface area contributed by atoms with E-state index < -0.39 is 64.5 Å². The van der Waals surface area contributed by atoms with E-state index in [1.54, 1.807) is 13.8 Å². The van der Waals surface area contributed by atoms with Crippen LogP contribution >= 0.6 is 0 Å². The van der Waals surface area contributed by atoms with E-state index in [0.29, 0.717) is 24.4 Å². The van der Waals surface area contributed by atoms with Gasteiger partial charge in [-0.3, -0.25) is 9.59 Å². The van der Waals surface area contributed by atoms with Gasteiger partial charge in [-0.2, -0.15) is 0 Å². The molecule has 0 radical (unpaired) electrons. The van der Waals surface area contributed by atoms with E-state index in [0.717, 1.165) is 24.9 Å². The van der Waals surface area contributed by atoms with Crippen molar-refractivity contribution < 1.29 is 47.0 Å². The lowest BCUT2D eigenvalue weighted by atomic mass is 10.3. The summed E-state index contributed by atoms with van der Waals surface area (Å²) in [6.45, 7) is 38.7. The van der Waals surface area contributed by atoms with Gasteiger partial charge in [0.1, 0.15) is 11.8 Å². The number of carbonyl (C=O) groups is 2. The highest BCUT2D eigenvalue weighted by Crippen LogP contribution is 2.16. The molecule has 308 valence electrons. The van der Waals surface area contributed by atoms with Gasteiger partial charge >= 0.3 is 0 Å². The minimum absolute atomic E-state index is 0.0104. The van der Waals surface area contributed by atoms with Gasteiger partial charge in [0.15, 0.2) is 33.3 Å². The van der Waals surface area contributed by atoms with Gasteiger partial charge in [-0.15, -0.1) is 0 Å². The molecule has 0 aromatic rings. The highest BCUT2D eigenvalue weighted by atomic mass is 28.4. The molecule has 12 nitrogen and oxygen atoms in total. The SMILES string of the molecule is C=C(C)C(=O)NCC(O)COCCC[SiH2]C(O[Si](C)(C)C)O[Si](C)(C)C.C=C(C)C(=O)NCC(O)COCCC[SiH2]C(O[Si](C)(C)C)O[Si](C)(C)C. The third-order valence-corrected chi connectivity index (χ3v) is 14.9. The molecule has 0 aromatic carbocycles. The second kappa shape index (κ2) is 27.1. The molecule has 0 rings (SSSR count). The van der Waals surface area contributed by atoms with Crippen LogP contribution in [0.1, 0.15) is 26.7 Å². The molecule has 0 aromatic heterocycles. The van der Waals surface area contributed by atoms with Crippen LogP contribution in [0.4, 0.5) is 0 Å². The highest BCUT2D eigenvalue weighted by molar-refractivity contribution is 6.72. The van der Waals surface area contributed by atoms with Gasteiger partial charge in [0.2, 0.25) is 11.8 Å². The second-order valence-electron chi connectivity index (χ2n) is 17.2. The van der Waals surface area contributed by atoms with E-state index in [2.05, 4.69) is 102 Å². The Morgan fingerprint density at radius 1 is 0.577 bits per heavy atom. The van der Waals surface area contributed by atoms with Crippen LogP contribution in [-0.2, 0) is 36.8 Å². The zero-order valence-corrected chi connectivity index (χ0v) is 42.2. The number of hydrogen-bond acceptors (Lipinski definition) is 10. The van der Waals surface area contributed by atoms with Crippen molar-refractivity contribution in [1.29, 1.82) is 0 Å². The Labute approximate surface area is 325 Å². The Morgan fingerprint density at radius 3 is 1.08 bits per heavy atom. The van der Waals surface area contributed by atoms with Crippen molar-refractivity contribution in [3.63, 3.8) is 0 Å². The van der Waals surface area contributed by atoms with Crippen LogP contribution in [0.25, 0.3) is 0 Å². The van der Waals surface area contributed by atoms with Crippen LogP contribution in [0, 0.1) is 0 Å². The quantitative estimate of drug-likeness (QED) is 0.0393. The van der Waals surface area contributed by atoms with Crippen LogP contribution < -0.4 is 10.6 Å². The van der Waals surface area contributed by atoms with Gasteiger partial charge in [0, 0.05) is 37.4 Å². The van der Waals surface area contributed by atoms with Crippen LogP contribution in [-0.4, -0.2) is 138 Å². The average molecular weight is 844 g/mol. The van der Waals surface area contributed by atoms with Gasteiger partial charge in [0.05, 0.1) is 44.5 Å². The van der Waals surface area contributed by atoms with Gasteiger partial charge in [-0.05, 0) is 105 Å². The van der Waals surface area contributed by atoms with E-state index in [-0.39, 0.29) is 49.9 Å². The molecule has 0 spiro atoms. The summed E-state index contributed by atoms with van der Waals surface area (Å²) in [6.07, 6.45) is 0.484. The number of nitrogens with one attached hydrogen (secondary N) is 2. The van der Waals surface area contributed by atoms with Crippen LogP contribution in [0.3, 0.4) is 0 Å². The third-order valence-electron chi connectivity index (χ3n) is 6.29. The lowest BCUT2D eigenvalue weighted by Gasteiger charge is -2.31. The molecule has 0 saturated carbocycles. The summed E-state index contributed by atoms with van der Waals surface area (Å²) in [5.41, 5.74) is 0.859. The van der Waals surface area contributed by atoms with E-state index in [1.165, 1.54) is 0 Å². The molecule has 52 heavy (non-hydrogen) atoms. The van der Waals surface area contributed by atoms with Gasteiger partial charge < -0.3 is 48.0 Å². The fourth-order valence-corrected chi connectivity index (χ4v) is 17.2. The van der Waals surface area contributed by atoms with Crippen LogP contribution in [0.5, 0.6) is 0 Å². The number of aliphatic hydroxyl groups is 2. The number of aliphatic hydroxyl groups excluding tert-OH is 2. The minimum Gasteiger partial charge on any atom is -0.398 e. The van der Waals surface area contributed by atoms with Crippen molar-refractivity contribution in [3.8, 4) is 0 Å². The first-order valence-corrected chi connectivity index (χ1v) is 36.0. The summed E-state index contributed by atoms with van der Waals surface area (Å²) in [5.74, 6) is -0.468. The Hall–Kier alpha value is -0.599. The van der Waals surface area contributed by atoms with Crippen molar-refractivity contribution in [3.05, 3.63) is 24.3 Å². The summed E-state index contributed by atoms with van der Waals surface area (Å²) in [7, 11) is -7.43. The number of hydrogen-bond donors (Lipinski definition) is 4. The molecular weight excluding hydrogens is 765 g/mol. The molecule has 0 heterocycles. The van der Waals surface area contributed by atoms with Crippen LogP contribution in [0.15, 0.2) is 24.3 Å². The first-order chi connectivity index (χ1) is 23.6. The largest absolute Gasteiger partial charge is 0.398 e. The molecule has 2 atom stereocenters. The predicted molar refractivity (Wildman–Crippen MR) is 231 cm³/mol. The Balaban J connectivity index is 0. The van der Waals surface area contributed by atoms with E-state index in [1.807, 2.05) is 0 Å². The molecule has 2 unspecified atom stereocenters. The second-order valence-corrected chi connectivity index (χ2v) is 39.0. The van der Waals surface area contributed by atoms with Crippen molar-refractivity contribution in [1.82, 2.24) is 10.6 Å². The molecular formula is C34H78N2O10Si6. The molecule has 0 aliphatic rings. The Kier molecular flexibility index (Phi) is 27.9. The molecule has 18 heteroatoms. The molecule has 0 bridgehead atoms. The summed E-state index contributed by atoms with van der Waals surface area (Å²) in [6, 6.07) is 2.17. The molecule has 4 N–H and O–H groups in total. The molecule has 0 saturated heterocycles. The first kappa shape index (κ1) is 53.5.